The summed E-state index contributed by atoms with van der Waals surface area (Å²) in [7, 11) is 1.56. The highest BCUT2D eigenvalue weighted by atomic mass is 16.5. The van der Waals surface area contributed by atoms with E-state index >= 15 is 0 Å². The standard InChI is InChI=1S/C16H21NO4/c1-11(15(18)17-13-5-3-4-6-13)21-16(19)12-7-9-14(20-2)10-8-12/h7-11,13H,3-6H2,1-2H3,(H,17,18)/t11-/m0/s1. The first-order valence-corrected chi connectivity index (χ1v) is 7.25. The molecule has 0 unspecified atom stereocenters. The van der Waals surface area contributed by atoms with E-state index in [1.54, 1.807) is 38.3 Å². The van der Waals surface area contributed by atoms with E-state index in [9.17, 15) is 9.59 Å². The van der Waals surface area contributed by atoms with Crippen LogP contribution in [0.15, 0.2) is 24.3 Å². The van der Waals surface area contributed by atoms with Crippen LogP contribution < -0.4 is 10.1 Å². The predicted octanol–water partition coefficient (Wildman–Crippen LogP) is 2.30. The summed E-state index contributed by atoms with van der Waals surface area (Å²) in [6.07, 6.45) is 3.51. The van der Waals surface area contributed by atoms with E-state index in [4.69, 9.17) is 9.47 Å². The van der Waals surface area contributed by atoms with Crippen LogP contribution in [0.2, 0.25) is 0 Å². The van der Waals surface area contributed by atoms with E-state index in [1.807, 2.05) is 0 Å². The second kappa shape index (κ2) is 7.11. The van der Waals surface area contributed by atoms with Crippen LogP contribution in [0.3, 0.4) is 0 Å². The maximum atomic E-state index is 12.0. The fourth-order valence-electron chi connectivity index (χ4n) is 2.40. The Kier molecular flexibility index (Phi) is 5.20. The van der Waals surface area contributed by atoms with E-state index in [0.29, 0.717) is 11.3 Å². The van der Waals surface area contributed by atoms with Crippen LogP contribution in [-0.2, 0) is 9.53 Å². The minimum absolute atomic E-state index is 0.222. The molecule has 1 saturated carbocycles. The molecule has 1 atom stereocenters. The summed E-state index contributed by atoms with van der Waals surface area (Å²) in [6, 6.07) is 6.81. The van der Waals surface area contributed by atoms with Gasteiger partial charge in [0.25, 0.3) is 5.91 Å². The first-order valence-electron chi connectivity index (χ1n) is 7.25. The van der Waals surface area contributed by atoms with Crippen LogP contribution in [0.25, 0.3) is 0 Å². The molecule has 5 heteroatoms. The molecule has 1 N–H and O–H groups in total. The average Bonchev–Trinajstić information content (AvgIpc) is 3.00. The Morgan fingerprint density at radius 3 is 2.38 bits per heavy atom. The lowest BCUT2D eigenvalue weighted by molar-refractivity contribution is -0.129. The maximum absolute atomic E-state index is 12.0. The van der Waals surface area contributed by atoms with Gasteiger partial charge in [-0.05, 0) is 44.0 Å². The quantitative estimate of drug-likeness (QED) is 0.845. The van der Waals surface area contributed by atoms with Crippen LogP contribution >= 0.6 is 0 Å². The molecule has 0 heterocycles. The summed E-state index contributed by atoms with van der Waals surface area (Å²) in [4.78, 5) is 23.9. The number of benzene rings is 1. The lowest BCUT2D eigenvalue weighted by Crippen LogP contribution is -2.40. The summed E-state index contributed by atoms with van der Waals surface area (Å²) in [5.41, 5.74) is 0.399. The van der Waals surface area contributed by atoms with Crippen LogP contribution in [-0.4, -0.2) is 31.1 Å². The molecule has 0 saturated heterocycles. The van der Waals surface area contributed by atoms with Gasteiger partial charge in [0.05, 0.1) is 12.7 Å². The van der Waals surface area contributed by atoms with Crippen molar-refractivity contribution in [3.63, 3.8) is 0 Å². The van der Waals surface area contributed by atoms with Gasteiger partial charge in [-0.15, -0.1) is 0 Å². The van der Waals surface area contributed by atoms with E-state index in [1.165, 1.54) is 0 Å². The number of carbonyl (C=O) groups excluding carboxylic acids is 2. The van der Waals surface area contributed by atoms with Crippen LogP contribution in [0.4, 0.5) is 0 Å². The van der Waals surface area contributed by atoms with Gasteiger partial charge in [0.2, 0.25) is 0 Å². The number of esters is 1. The summed E-state index contributed by atoms with van der Waals surface area (Å²) >= 11 is 0. The molecule has 0 aromatic heterocycles. The van der Waals surface area contributed by atoms with Gasteiger partial charge < -0.3 is 14.8 Å². The van der Waals surface area contributed by atoms with Crippen molar-refractivity contribution in [3.8, 4) is 5.75 Å². The summed E-state index contributed by atoms with van der Waals surface area (Å²) in [5.74, 6) is -0.0749. The molecular formula is C16H21NO4. The third-order valence-corrected chi connectivity index (χ3v) is 3.68. The Labute approximate surface area is 124 Å². The number of ether oxygens (including phenoxy) is 2. The fraction of sp³-hybridized carbons (Fsp3) is 0.500. The third-order valence-electron chi connectivity index (χ3n) is 3.68. The van der Waals surface area contributed by atoms with Gasteiger partial charge >= 0.3 is 5.97 Å². The number of hydrogen-bond acceptors (Lipinski definition) is 4. The lowest BCUT2D eigenvalue weighted by Gasteiger charge is -2.17. The molecule has 1 aliphatic rings. The molecular weight excluding hydrogens is 270 g/mol. The Balaban J connectivity index is 1.86. The van der Waals surface area contributed by atoms with E-state index < -0.39 is 12.1 Å². The van der Waals surface area contributed by atoms with Crippen LogP contribution in [0.1, 0.15) is 43.0 Å². The molecule has 1 aromatic rings. The van der Waals surface area contributed by atoms with Gasteiger partial charge in [-0.3, -0.25) is 4.79 Å². The van der Waals surface area contributed by atoms with Gasteiger partial charge in [0.1, 0.15) is 5.75 Å². The van der Waals surface area contributed by atoms with Crippen molar-refractivity contribution in [2.75, 3.05) is 7.11 Å². The van der Waals surface area contributed by atoms with Crippen molar-refractivity contribution >= 4 is 11.9 Å². The van der Waals surface area contributed by atoms with Crippen molar-refractivity contribution in [3.05, 3.63) is 29.8 Å². The van der Waals surface area contributed by atoms with E-state index in [0.717, 1.165) is 25.7 Å². The van der Waals surface area contributed by atoms with Crippen molar-refractivity contribution in [2.24, 2.45) is 0 Å². The van der Waals surface area contributed by atoms with Gasteiger partial charge in [-0.1, -0.05) is 12.8 Å². The highest BCUT2D eigenvalue weighted by Crippen LogP contribution is 2.18. The Morgan fingerprint density at radius 2 is 1.81 bits per heavy atom. The van der Waals surface area contributed by atoms with Gasteiger partial charge in [-0.2, -0.15) is 0 Å². The zero-order valence-electron chi connectivity index (χ0n) is 12.4. The predicted molar refractivity (Wildman–Crippen MR) is 78.3 cm³/mol. The van der Waals surface area contributed by atoms with Gasteiger partial charge in [-0.25, -0.2) is 4.79 Å². The molecule has 1 fully saturated rings. The number of carbonyl (C=O) groups is 2. The highest BCUT2D eigenvalue weighted by Gasteiger charge is 2.23. The molecule has 5 nitrogen and oxygen atoms in total. The van der Waals surface area contributed by atoms with E-state index in [2.05, 4.69) is 5.32 Å². The van der Waals surface area contributed by atoms with E-state index in [-0.39, 0.29) is 11.9 Å². The number of methoxy groups -OCH3 is 1. The highest BCUT2D eigenvalue weighted by molar-refractivity contribution is 5.92. The molecule has 1 aliphatic carbocycles. The number of amides is 1. The Hall–Kier alpha value is -2.04. The fourth-order valence-corrected chi connectivity index (χ4v) is 2.40. The van der Waals surface area contributed by atoms with Crippen molar-refractivity contribution < 1.29 is 19.1 Å². The first-order chi connectivity index (χ1) is 10.1. The second-order valence-corrected chi connectivity index (χ2v) is 5.27. The molecule has 0 aliphatic heterocycles. The molecule has 114 valence electrons. The molecule has 0 spiro atoms. The first kappa shape index (κ1) is 15.4. The monoisotopic (exact) mass is 291 g/mol. The topological polar surface area (TPSA) is 64.6 Å². The summed E-state index contributed by atoms with van der Waals surface area (Å²) in [5, 5.41) is 2.92. The molecule has 0 radical (unpaired) electrons. The van der Waals surface area contributed by atoms with Crippen molar-refractivity contribution in [1.82, 2.24) is 5.32 Å². The number of hydrogen-bond donors (Lipinski definition) is 1. The third kappa shape index (κ3) is 4.21. The Morgan fingerprint density at radius 1 is 1.19 bits per heavy atom. The molecule has 1 amide bonds. The SMILES string of the molecule is COc1ccc(C(=O)O[C@@H](C)C(=O)NC2CCCC2)cc1. The van der Waals surface area contributed by atoms with Gasteiger partial charge in [0, 0.05) is 6.04 Å². The molecule has 0 bridgehead atoms. The second-order valence-electron chi connectivity index (χ2n) is 5.27. The summed E-state index contributed by atoms with van der Waals surface area (Å²) < 4.78 is 10.2. The molecule has 2 rings (SSSR count). The normalized spacial score (nSPS) is 16.3. The zero-order chi connectivity index (χ0) is 15.2. The van der Waals surface area contributed by atoms with Crippen LogP contribution in [0, 0.1) is 0 Å². The maximum Gasteiger partial charge on any atom is 0.338 e. The molecule has 1 aromatic carbocycles. The minimum Gasteiger partial charge on any atom is -0.497 e. The van der Waals surface area contributed by atoms with Crippen molar-refractivity contribution in [1.29, 1.82) is 0 Å². The van der Waals surface area contributed by atoms with Gasteiger partial charge in [0.15, 0.2) is 6.10 Å². The lowest BCUT2D eigenvalue weighted by atomic mass is 10.2. The smallest absolute Gasteiger partial charge is 0.338 e. The Bertz CT molecular complexity index is 492. The minimum atomic E-state index is -0.791. The number of rotatable bonds is 5. The largest absolute Gasteiger partial charge is 0.497 e. The molecule has 21 heavy (non-hydrogen) atoms. The average molecular weight is 291 g/mol. The van der Waals surface area contributed by atoms with Crippen molar-refractivity contribution in [2.45, 2.75) is 44.8 Å². The zero-order valence-corrected chi connectivity index (χ0v) is 12.4. The summed E-state index contributed by atoms with van der Waals surface area (Å²) in [6.45, 7) is 1.59. The van der Waals surface area contributed by atoms with Crippen LogP contribution in [0.5, 0.6) is 5.75 Å². The number of nitrogens with one attached hydrogen (secondary N) is 1.